The van der Waals surface area contributed by atoms with Crippen LogP contribution in [0.4, 0.5) is 0 Å². The molecule has 1 nitrogen and oxygen atoms in total. The quantitative estimate of drug-likeness (QED) is 0.546. The van der Waals surface area contributed by atoms with Crippen LogP contribution in [0.3, 0.4) is 0 Å². The molecule has 0 aromatic carbocycles. The fourth-order valence-electron chi connectivity index (χ4n) is 0.754. The van der Waals surface area contributed by atoms with Crippen molar-refractivity contribution in [2.45, 2.75) is 26.3 Å². The molecule has 0 spiro atoms. The Labute approximate surface area is 77.6 Å². The van der Waals surface area contributed by atoms with E-state index in [0.717, 1.165) is 0 Å². The third kappa shape index (κ3) is 2.26. The number of hydrogen-bond donors (Lipinski definition) is 0. The van der Waals surface area contributed by atoms with Gasteiger partial charge in [-0.15, -0.1) is 0 Å². The van der Waals surface area contributed by atoms with E-state index in [2.05, 4.69) is 0 Å². The van der Waals surface area contributed by atoms with Crippen LogP contribution >= 0.6 is 11.6 Å². The van der Waals surface area contributed by atoms with Crippen LogP contribution in [0.15, 0.2) is 23.3 Å². The average molecular weight is 175 g/mol. The van der Waals surface area contributed by atoms with E-state index in [4.69, 9.17) is 15.7 Å². The zero-order valence-corrected chi connectivity index (χ0v) is 7.79. The van der Waals surface area contributed by atoms with Gasteiger partial charge in [0.1, 0.15) is 0 Å². The van der Waals surface area contributed by atoms with E-state index < -0.39 is 0 Å². The van der Waals surface area contributed by atoms with Gasteiger partial charge in [-0.2, -0.15) is 0 Å². The van der Waals surface area contributed by atoms with Crippen LogP contribution in [0.25, 0.3) is 0 Å². The normalized spacial score (nSPS) is 25.1. The summed E-state index contributed by atoms with van der Waals surface area (Å²) in [6, 6.07) is 0.153. The first-order chi connectivity index (χ1) is 6.25. The SMILES string of the molecule is [2H]C1=C(Cl)C([2H])=C([2H])N(C(C)(C)C)C1. The summed E-state index contributed by atoms with van der Waals surface area (Å²) >= 11 is 5.73. The van der Waals surface area contributed by atoms with Gasteiger partial charge in [-0.3, -0.25) is 0 Å². The molecule has 1 aliphatic heterocycles. The van der Waals surface area contributed by atoms with Crippen molar-refractivity contribution in [3.8, 4) is 0 Å². The highest BCUT2D eigenvalue weighted by Crippen LogP contribution is 2.19. The van der Waals surface area contributed by atoms with Crippen LogP contribution in [0.1, 0.15) is 24.9 Å². The minimum atomic E-state index is -0.257. The molecule has 0 amide bonds. The van der Waals surface area contributed by atoms with Crippen LogP contribution < -0.4 is 0 Å². The Balaban J connectivity index is 3.12. The van der Waals surface area contributed by atoms with Crippen LogP contribution in [-0.2, 0) is 0 Å². The Morgan fingerprint density at radius 3 is 2.82 bits per heavy atom. The molecule has 11 heavy (non-hydrogen) atoms. The molecule has 0 aromatic heterocycles. The van der Waals surface area contributed by atoms with Crippen molar-refractivity contribution in [3.63, 3.8) is 0 Å². The fraction of sp³-hybridized carbons (Fsp3) is 0.556. The third-order valence-corrected chi connectivity index (χ3v) is 1.73. The molecule has 0 unspecified atom stereocenters. The first-order valence-electron chi connectivity index (χ1n) is 5.06. The number of rotatable bonds is 0. The standard InChI is InChI=1S/C9H14ClN/c1-9(2,3)11-6-4-8(10)5-7-11/h4-6H,7H2,1-3H3/i4D,5D,6D. The predicted octanol–water partition coefficient (Wildman–Crippen LogP) is 2.74. The molecule has 0 saturated carbocycles. The molecule has 0 radical (unpaired) electrons. The van der Waals surface area contributed by atoms with Crippen molar-refractivity contribution in [3.05, 3.63) is 23.3 Å². The van der Waals surface area contributed by atoms with E-state index in [1.165, 1.54) is 0 Å². The minimum Gasteiger partial charge on any atom is -0.369 e. The topological polar surface area (TPSA) is 3.24 Å². The Bertz CT molecular complexity index is 315. The van der Waals surface area contributed by atoms with Crippen molar-refractivity contribution in [1.29, 1.82) is 0 Å². The van der Waals surface area contributed by atoms with Crippen LogP contribution in [-0.4, -0.2) is 17.0 Å². The zero-order valence-electron chi connectivity index (χ0n) is 10.0. The Kier molecular flexibility index (Phi) is 1.39. The summed E-state index contributed by atoms with van der Waals surface area (Å²) in [4.78, 5) is 1.70. The molecule has 0 aliphatic carbocycles. The van der Waals surface area contributed by atoms with Crippen molar-refractivity contribution in [2.75, 3.05) is 6.54 Å². The van der Waals surface area contributed by atoms with E-state index >= 15 is 0 Å². The van der Waals surface area contributed by atoms with Crippen molar-refractivity contribution in [2.24, 2.45) is 0 Å². The number of allylic oxidation sites excluding steroid dienone is 2. The highest BCUT2D eigenvalue weighted by atomic mass is 35.5. The second-order valence-electron chi connectivity index (χ2n) is 3.48. The van der Waals surface area contributed by atoms with Crippen molar-refractivity contribution >= 4 is 11.6 Å². The van der Waals surface area contributed by atoms with Crippen LogP contribution in [0, 0.1) is 0 Å². The number of nitrogens with zero attached hydrogens (tertiary/aromatic N) is 1. The van der Waals surface area contributed by atoms with Gasteiger partial charge in [-0.25, -0.2) is 0 Å². The lowest BCUT2D eigenvalue weighted by Gasteiger charge is -2.35. The monoisotopic (exact) mass is 174 g/mol. The van der Waals surface area contributed by atoms with Crippen LogP contribution in [0.5, 0.6) is 0 Å². The van der Waals surface area contributed by atoms with Crippen LogP contribution in [0.2, 0.25) is 0 Å². The second-order valence-corrected chi connectivity index (χ2v) is 3.86. The van der Waals surface area contributed by atoms with Gasteiger partial charge in [0.25, 0.3) is 0 Å². The first-order valence-corrected chi connectivity index (χ1v) is 3.93. The van der Waals surface area contributed by atoms with Gasteiger partial charge < -0.3 is 4.90 Å². The highest BCUT2D eigenvalue weighted by Gasteiger charge is 2.17. The van der Waals surface area contributed by atoms with Gasteiger partial charge in [0.2, 0.25) is 0 Å². The summed E-state index contributed by atoms with van der Waals surface area (Å²) in [5.74, 6) is 0. The Hall–Kier alpha value is -0.430. The lowest BCUT2D eigenvalue weighted by molar-refractivity contribution is 0.224. The summed E-state index contributed by atoms with van der Waals surface area (Å²) in [6.07, 6.45) is 0.0958. The van der Waals surface area contributed by atoms with E-state index in [1.807, 2.05) is 20.8 Å². The lowest BCUT2D eigenvalue weighted by atomic mass is 10.1. The van der Waals surface area contributed by atoms with Gasteiger partial charge in [0, 0.05) is 23.3 Å². The van der Waals surface area contributed by atoms with Crippen molar-refractivity contribution in [1.82, 2.24) is 4.90 Å². The summed E-state index contributed by atoms with van der Waals surface area (Å²) in [6.45, 7) is 6.15. The zero-order chi connectivity index (χ0) is 11.1. The van der Waals surface area contributed by atoms with Gasteiger partial charge in [0.15, 0.2) is 0 Å². The molecule has 0 saturated heterocycles. The molecule has 2 heteroatoms. The van der Waals surface area contributed by atoms with Crippen molar-refractivity contribution < 1.29 is 4.11 Å². The number of halogens is 1. The molecular weight excluding hydrogens is 158 g/mol. The summed E-state index contributed by atoms with van der Waals surface area (Å²) in [7, 11) is 0. The summed E-state index contributed by atoms with van der Waals surface area (Å²) < 4.78 is 22.9. The molecule has 0 aromatic rings. The maximum Gasteiger partial charge on any atom is 0.0815 e. The molecule has 0 fully saturated rings. The Morgan fingerprint density at radius 2 is 2.27 bits per heavy atom. The Morgan fingerprint density at radius 1 is 1.64 bits per heavy atom. The average Bonchev–Trinajstić information content (AvgIpc) is 2.06. The van der Waals surface area contributed by atoms with E-state index in [-0.39, 0.29) is 28.9 Å². The summed E-state index contributed by atoms with van der Waals surface area (Å²) in [5, 5.41) is 0.0931. The third-order valence-electron chi connectivity index (χ3n) is 1.50. The van der Waals surface area contributed by atoms with Gasteiger partial charge in [-0.05, 0) is 32.9 Å². The largest absolute Gasteiger partial charge is 0.369 e. The maximum absolute atomic E-state index is 7.73. The molecule has 0 bridgehead atoms. The highest BCUT2D eigenvalue weighted by molar-refractivity contribution is 6.31. The smallest absolute Gasteiger partial charge is 0.0815 e. The molecule has 1 heterocycles. The molecule has 62 valence electrons. The minimum absolute atomic E-state index is 0.0576. The molecule has 1 aliphatic rings. The second kappa shape index (κ2) is 2.90. The van der Waals surface area contributed by atoms with E-state index in [0.29, 0.717) is 6.54 Å². The van der Waals surface area contributed by atoms with Gasteiger partial charge >= 0.3 is 0 Å². The van der Waals surface area contributed by atoms with E-state index in [9.17, 15) is 0 Å². The fourth-order valence-corrected chi connectivity index (χ4v) is 0.856. The predicted molar refractivity (Wildman–Crippen MR) is 49.5 cm³/mol. The van der Waals surface area contributed by atoms with Gasteiger partial charge in [-0.1, -0.05) is 11.6 Å². The number of hydrogen-bond acceptors (Lipinski definition) is 1. The van der Waals surface area contributed by atoms with Gasteiger partial charge in [0.05, 0.1) is 4.11 Å². The molecular formula is C9H14ClN. The molecule has 0 atom stereocenters. The molecule has 1 rings (SSSR count). The van der Waals surface area contributed by atoms with E-state index in [1.54, 1.807) is 4.90 Å². The lowest BCUT2D eigenvalue weighted by Crippen LogP contribution is -2.38. The maximum atomic E-state index is 7.73. The summed E-state index contributed by atoms with van der Waals surface area (Å²) in [5.41, 5.74) is -0.257. The first kappa shape index (κ1) is 5.26. The molecule has 0 N–H and O–H groups in total.